The fraction of sp³-hybridized carbons (Fsp3) is 1.00. The SMILES string of the molecule is CC(C)N(C)S(=O)(=O)N1CCCC(CN)C1. The van der Waals surface area contributed by atoms with E-state index in [4.69, 9.17) is 5.73 Å². The van der Waals surface area contributed by atoms with Gasteiger partial charge in [-0.2, -0.15) is 17.0 Å². The first-order valence-electron chi connectivity index (χ1n) is 5.82. The second-order valence-electron chi connectivity index (χ2n) is 4.72. The van der Waals surface area contributed by atoms with Crippen molar-refractivity contribution < 1.29 is 8.42 Å². The van der Waals surface area contributed by atoms with Crippen molar-refractivity contribution in [1.29, 1.82) is 0 Å². The average Bonchev–Trinajstić information content (AvgIpc) is 2.27. The van der Waals surface area contributed by atoms with Crippen LogP contribution in [0.5, 0.6) is 0 Å². The molecule has 1 fully saturated rings. The molecule has 0 bridgehead atoms. The van der Waals surface area contributed by atoms with Gasteiger partial charge in [0.2, 0.25) is 0 Å². The summed E-state index contributed by atoms with van der Waals surface area (Å²) < 4.78 is 27.4. The minimum Gasteiger partial charge on any atom is -0.330 e. The summed E-state index contributed by atoms with van der Waals surface area (Å²) in [5, 5.41) is 0. The van der Waals surface area contributed by atoms with Crippen molar-refractivity contribution in [3.8, 4) is 0 Å². The summed E-state index contributed by atoms with van der Waals surface area (Å²) in [6.07, 6.45) is 1.95. The van der Waals surface area contributed by atoms with Gasteiger partial charge >= 0.3 is 0 Å². The van der Waals surface area contributed by atoms with E-state index in [0.29, 0.717) is 25.6 Å². The van der Waals surface area contributed by atoms with Gasteiger partial charge in [-0.25, -0.2) is 0 Å². The molecule has 5 nitrogen and oxygen atoms in total. The minimum absolute atomic E-state index is 0.0109. The molecule has 1 heterocycles. The van der Waals surface area contributed by atoms with E-state index in [1.807, 2.05) is 13.8 Å². The van der Waals surface area contributed by atoms with Crippen LogP contribution >= 0.6 is 0 Å². The molecule has 1 atom stereocenters. The Labute approximate surface area is 98.8 Å². The summed E-state index contributed by atoms with van der Waals surface area (Å²) in [6.45, 7) is 5.51. The van der Waals surface area contributed by atoms with E-state index in [9.17, 15) is 8.42 Å². The molecule has 16 heavy (non-hydrogen) atoms. The molecular formula is C10H23N3O2S. The average molecular weight is 249 g/mol. The maximum Gasteiger partial charge on any atom is 0.281 e. The number of hydrogen-bond acceptors (Lipinski definition) is 3. The highest BCUT2D eigenvalue weighted by Crippen LogP contribution is 2.20. The standard InChI is InChI=1S/C10H23N3O2S/c1-9(2)12(3)16(14,15)13-6-4-5-10(7-11)8-13/h9-10H,4-8,11H2,1-3H3. The van der Waals surface area contributed by atoms with Crippen LogP contribution in [0.1, 0.15) is 26.7 Å². The van der Waals surface area contributed by atoms with Crippen molar-refractivity contribution in [3.63, 3.8) is 0 Å². The van der Waals surface area contributed by atoms with Crippen molar-refractivity contribution in [1.82, 2.24) is 8.61 Å². The molecule has 0 saturated carbocycles. The molecule has 0 amide bonds. The van der Waals surface area contributed by atoms with E-state index < -0.39 is 10.2 Å². The van der Waals surface area contributed by atoms with E-state index in [1.54, 1.807) is 11.4 Å². The summed E-state index contributed by atoms with van der Waals surface area (Å²) in [5.41, 5.74) is 5.61. The van der Waals surface area contributed by atoms with Crippen LogP contribution < -0.4 is 5.73 Å². The molecular weight excluding hydrogens is 226 g/mol. The summed E-state index contributed by atoms with van der Waals surface area (Å²) in [5.74, 6) is 0.309. The van der Waals surface area contributed by atoms with Crippen LogP contribution in [0.2, 0.25) is 0 Å². The third kappa shape index (κ3) is 2.94. The van der Waals surface area contributed by atoms with Gasteiger partial charge in [-0.05, 0) is 39.2 Å². The molecule has 2 N–H and O–H groups in total. The number of piperidine rings is 1. The molecule has 1 aliphatic heterocycles. The second kappa shape index (κ2) is 5.44. The molecule has 0 aromatic carbocycles. The highest BCUT2D eigenvalue weighted by atomic mass is 32.2. The van der Waals surface area contributed by atoms with Crippen LogP contribution in [0.4, 0.5) is 0 Å². The minimum atomic E-state index is -3.29. The first-order valence-corrected chi connectivity index (χ1v) is 7.22. The largest absolute Gasteiger partial charge is 0.330 e. The molecule has 1 saturated heterocycles. The number of rotatable bonds is 4. The Bertz CT molecular complexity index is 316. The topological polar surface area (TPSA) is 66.6 Å². The quantitative estimate of drug-likeness (QED) is 0.776. The third-order valence-corrected chi connectivity index (χ3v) is 5.37. The highest BCUT2D eigenvalue weighted by Gasteiger charge is 2.32. The Hall–Kier alpha value is -0.170. The van der Waals surface area contributed by atoms with Crippen LogP contribution in [0, 0.1) is 5.92 Å². The Kier molecular flexibility index (Phi) is 4.73. The molecule has 1 rings (SSSR count). The monoisotopic (exact) mass is 249 g/mol. The summed E-state index contributed by atoms with van der Waals surface area (Å²) in [6, 6.07) is -0.0109. The molecule has 1 aliphatic rings. The maximum absolute atomic E-state index is 12.2. The molecule has 0 aliphatic carbocycles. The zero-order chi connectivity index (χ0) is 12.3. The van der Waals surface area contributed by atoms with E-state index in [2.05, 4.69) is 0 Å². The predicted octanol–water partition coefficient (Wildman–Crippen LogP) is 0.242. The number of hydrogen-bond donors (Lipinski definition) is 1. The van der Waals surface area contributed by atoms with Crippen molar-refractivity contribution >= 4 is 10.2 Å². The Morgan fingerprint density at radius 3 is 2.62 bits per heavy atom. The first kappa shape index (κ1) is 13.9. The van der Waals surface area contributed by atoms with Crippen LogP contribution in [0.15, 0.2) is 0 Å². The van der Waals surface area contributed by atoms with Crippen LogP contribution in [-0.2, 0) is 10.2 Å². The number of nitrogens with two attached hydrogens (primary N) is 1. The first-order chi connectivity index (χ1) is 7.39. The highest BCUT2D eigenvalue weighted by molar-refractivity contribution is 7.86. The molecule has 6 heteroatoms. The normalized spacial score (nSPS) is 24.2. The summed E-state index contributed by atoms with van der Waals surface area (Å²) in [4.78, 5) is 0. The lowest BCUT2D eigenvalue weighted by atomic mass is 10.0. The van der Waals surface area contributed by atoms with Crippen molar-refractivity contribution in [2.75, 3.05) is 26.7 Å². The molecule has 0 radical (unpaired) electrons. The molecule has 1 unspecified atom stereocenters. The van der Waals surface area contributed by atoms with Gasteiger partial charge in [0.15, 0.2) is 0 Å². The molecule has 0 aromatic rings. The predicted molar refractivity (Wildman–Crippen MR) is 65.2 cm³/mol. The number of nitrogens with zero attached hydrogens (tertiary/aromatic N) is 2. The summed E-state index contributed by atoms with van der Waals surface area (Å²) >= 11 is 0. The van der Waals surface area contributed by atoms with Gasteiger partial charge in [-0.15, -0.1) is 0 Å². The van der Waals surface area contributed by atoms with Crippen molar-refractivity contribution in [3.05, 3.63) is 0 Å². The zero-order valence-corrected chi connectivity index (χ0v) is 11.2. The van der Waals surface area contributed by atoms with Gasteiger partial charge in [0.1, 0.15) is 0 Å². The lowest BCUT2D eigenvalue weighted by Gasteiger charge is -2.35. The van der Waals surface area contributed by atoms with Crippen LogP contribution in [-0.4, -0.2) is 49.8 Å². The lowest BCUT2D eigenvalue weighted by molar-refractivity contribution is 0.249. The zero-order valence-electron chi connectivity index (χ0n) is 10.4. The smallest absolute Gasteiger partial charge is 0.281 e. The van der Waals surface area contributed by atoms with Crippen LogP contribution in [0.3, 0.4) is 0 Å². The fourth-order valence-electron chi connectivity index (χ4n) is 1.88. The van der Waals surface area contributed by atoms with E-state index >= 15 is 0 Å². The van der Waals surface area contributed by atoms with E-state index in [-0.39, 0.29) is 6.04 Å². The third-order valence-electron chi connectivity index (χ3n) is 3.23. The van der Waals surface area contributed by atoms with Crippen molar-refractivity contribution in [2.24, 2.45) is 11.7 Å². The van der Waals surface area contributed by atoms with Gasteiger partial charge < -0.3 is 5.73 Å². The summed E-state index contributed by atoms with van der Waals surface area (Å²) in [7, 11) is -1.66. The van der Waals surface area contributed by atoms with Gasteiger partial charge in [-0.1, -0.05) is 0 Å². The molecule has 96 valence electrons. The van der Waals surface area contributed by atoms with Crippen LogP contribution in [0.25, 0.3) is 0 Å². The van der Waals surface area contributed by atoms with Crippen molar-refractivity contribution in [2.45, 2.75) is 32.7 Å². The van der Waals surface area contributed by atoms with Gasteiger partial charge in [0, 0.05) is 26.2 Å². The fourth-order valence-corrected chi connectivity index (χ4v) is 3.53. The van der Waals surface area contributed by atoms with E-state index in [0.717, 1.165) is 12.8 Å². The molecule has 0 spiro atoms. The van der Waals surface area contributed by atoms with Gasteiger partial charge in [-0.3, -0.25) is 0 Å². The Morgan fingerprint density at radius 1 is 1.50 bits per heavy atom. The Balaban J connectivity index is 2.75. The molecule has 0 aromatic heterocycles. The Morgan fingerprint density at radius 2 is 2.12 bits per heavy atom. The van der Waals surface area contributed by atoms with Gasteiger partial charge in [0.25, 0.3) is 10.2 Å². The maximum atomic E-state index is 12.2. The van der Waals surface area contributed by atoms with E-state index in [1.165, 1.54) is 4.31 Å². The van der Waals surface area contributed by atoms with Gasteiger partial charge in [0.05, 0.1) is 0 Å². The second-order valence-corrected chi connectivity index (χ2v) is 6.71. The lowest BCUT2D eigenvalue weighted by Crippen LogP contribution is -2.49.